The Balaban J connectivity index is 2.58. The number of hydrogen-bond donors (Lipinski definition) is 5. The number of carboxylic acid groups (broad SMARTS) is 1. The van der Waals surface area contributed by atoms with Crippen molar-refractivity contribution in [1.29, 1.82) is 0 Å². The van der Waals surface area contributed by atoms with Crippen LogP contribution in [-0.2, 0) is 25.6 Å². The van der Waals surface area contributed by atoms with E-state index in [1.807, 2.05) is 6.07 Å². The SMILES string of the molecule is NCC(=O)N[C@@H](CCC(=O)N[C@@H](Cc1ccccc1)C(N)=O)C(=O)O. The number of rotatable bonds is 10. The average Bonchev–Trinajstić information content (AvgIpc) is 2.58. The molecule has 1 rings (SSSR count). The molecule has 9 heteroatoms. The molecule has 1 aromatic rings. The molecule has 0 aliphatic carbocycles. The number of hydrogen-bond acceptors (Lipinski definition) is 5. The Morgan fingerprint density at radius 3 is 2.12 bits per heavy atom. The van der Waals surface area contributed by atoms with Gasteiger partial charge in [0.25, 0.3) is 0 Å². The van der Waals surface area contributed by atoms with Gasteiger partial charge in [0.15, 0.2) is 0 Å². The zero-order valence-corrected chi connectivity index (χ0v) is 13.6. The molecular weight excluding hydrogens is 328 g/mol. The number of benzene rings is 1. The molecule has 0 fully saturated rings. The van der Waals surface area contributed by atoms with Gasteiger partial charge >= 0.3 is 5.97 Å². The van der Waals surface area contributed by atoms with Crippen molar-refractivity contribution in [1.82, 2.24) is 10.6 Å². The Labute approximate surface area is 144 Å². The number of aliphatic carboxylic acids is 1. The summed E-state index contributed by atoms with van der Waals surface area (Å²) >= 11 is 0. The van der Waals surface area contributed by atoms with Crippen LogP contribution in [0.2, 0.25) is 0 Å². The molecule has 0 aromatic heterocycles. The van der Waals surface area contributed by atoms with E-state index < -0.39 is 35.8 Å². The summed E-state index contributed by atoms with van der Waals surface area (Å²) in [7, 11) is 0. The van der Waals surface area contributed by atoms with Crippen LogP contribution in [0.1, 0.15) is 18.4 Å². The fourth-order valence-electron chi connectivity index (χ4n) is 2.13. The zero-order chi connectivity index (χ0) is 18.8. The zero-order valence-electron chi connectivity index (χ0n) is 13.6. The molecular formula is C16H22N4O5. The van der Waals surface area contributed by atoms with Gasteiger partial charge in [0.05, 0.1) is 6.54 Å². The van der Waals surface area contributed by atoms with Crippen LogP contribution in [0.5, 0.6) is 0 Å². The first-order valence-corrected chi connectivity index (χ1v) is 7.68. The molecule has 0 radical (unpaired) electrons. The average molecular weight is 350 g/mol. The summed E-state index contributed by atoms with van der Waals surface area (Å²) < 4.78 is 0. The lowest BCUT2D eigenvalue weighted by atomic mass is 10.0. The van der Waals surface area contributed by atoms with Gasteiger partial charge in [-0.25, -0.2) is 4.79 Å². The quantitative estimate of drug-likeness (QED) is 0.345. The van der Waals surface area contributed by atoms with Crippen molar-refractivity contribution in [2.24, 2.45) is 11.5 Å². The minimum Gasteiger partial charge on any atom is -0.480 e. The van der Waals surface area contributed by atoms with Crippen molar-refractivity contribution < 1.29 is 24.3 Å². The predicted octanol–water partition coefficient (Wildman–Crippen LogP) is -1.49. The topological polar surface area (TPSA) is 165 Å². The van der Waals surface area contributed by atoms with Crippen LogP contribution in [0.15, 0.2) is 30.3 Å². The molecule has 7 N–H and O–H groups in total. The van der Waals surface area contributed by atoms with E-state index in [9.17, 15) is 19.2 Å². The van der Waals surface area contributed by atoms with Crippen molar-refractivity contribution in [3.63, 3.8) is 0 Å². The lowest BCUT2D eigenvalue weighted by molar-refractivity contribution is -0.142. The van der Waals surface area contributed by atoms with Crippen LogP contribution in [0.4, 0.5) is 0 Å². The van der Waals surface area contributed by atoms with Gasteiger partial charge in [0.2, 0.25) is 17.7 Å². The molecule has 0 saturated carbocycles. The lowest BCUT2D eigenvalue weighted by Gasteiger charge is -2.17. The molecule has 0 bridgehead atoms. The van der Waals surface area contributed by atoms with Gasteiger partial charge in [0.1, 0.15) is 12.1 Å². The van der Waals surface area contributed by atoms with Crippen LogP contribution in [-0.4, -0.2) is 47.4 Å². The summed E-state index contributed by atoms with van der Waals surface area (Å²) in [6.07, 6.45) is -0.0989. The van der Waals surface area contributed by atoms with Gasteiger partial charge in [0, 0.05) is 12.8 Å². The van der Waals surface area contributed by atoms with Gasteiger partial charge in [-0.2, -0.15) is 0 Å². The number of amides is 3. The highest BCUT2D eigenvalue weighted by Crippen LogP contribution is 2.04. The molecule has 0 unspecified atom stereocenters. The summed E-state index contributed by atoms with van der Waals surface area (Å²) in [6.45, 7) is -0.350. The van der Waals surface area contributed by atoms with E-state index in [0.29, 0.717) is 0 Å². The highest BCUT2D eigenvalue weighted by Gasteiger charge is 2.23. The lowest BCUT2D eigenvalue weighted by Crippen LogP contribution is -2.47. The van der Waals surface area contributed by atoms with Crippen LogP contribution >= 0.6 is 0 Å². The monoisotopic (exact) mass is 350 g/mol. The van der Waals surface area contributed by atoms with Crippen molar-refractivity contribution in [3.05, 3.63) is 35.9 Å². The van der Waals surface area contributed by atoms with E-state index in [1.165, 1.54) is 0 Å². The van der Waals surface area contributed by atoms with E-state index in [4.69, 9.17) is 16.6 Å². The summed E-state index contributed by atoms with van der Waals surface area (Å²) in [4.78, 5) is 45.7. The normalized spacial score (nSPS) is 12.7. The molecule has 9 nitrogen and oxygen atoms in total. The fraction of sp³-hybridized carbons (Fsp3) is 0.375. The second-order valence-corrected chi connectivity index (χ2v) is 5.41. The molecule has 25 heavy (non-hydrogen) atoms. The summed E-state index contributed by atoms with van der Waals surface area (Å²) in [6, 6.07) is 6.87. The Hall–Kier alpha value is -2.94. The first-order chi connectivity index (χ1) is 11.8. The molecule has 136 valence electrons. The van der Waals surface area contributed by atoms with E-state index >= 15 is 0 Å². The number of carbonyl (C=O) groups excluding carboxylic acids is 3. The Bertz CT molecular complexity index is 620. The van der Waals surface area contributed by atoms with E-state index in [1.54, 1.807) is 24.3 Å². The molecule has 1 aromatic carbocycles. The molecule has 3 amide bonds. The smallest absolute Gasteiger partial charge is 0.326 e. The minimum atomic E-state index is -1.27. The number of primary amides is 1. The van der Waals surface area contributed by atoms with Gasteiger partial charge in [-0.3, -0.25) is 14.4 Å². The maximum atomic E-state index is 12.0. The van der Waals surface area contributed by atoms with E-state index in [2.05, 4.69) is 10.6 Å². The van der Waals surface area contributed by atoms with Crippen molar-refractivity contribution in [2.75, 3.05) is 6.54 Å². The van der Waals surface area contributed by atoms with Crippen molar-refractivity contribution in [3.8, 4) is 0 Å². The molecule has 0 aliphatic heterocycles. The second-order valence-electron chi connectivity index (χ2n) is 5.41. The Morgan fingerprint density at radius 1 is 1.00 bits per heavy atom. The third kappa shape index (κ3) is 7.44. The number of carboxylic acids is 1. The largest absolute Gasteiger partial charge is 0.480 e. The molecule has 0 heterocycles. The van der Waals surface area contributed by atoms with Crippen LogP contribution in [0, 0.1) is 0 Å². The second kappa shape index (κ2) is 10.0. The van der Waals surface area contributed by atoms with Gasteiger partial charge in [-0.1, -0.05) is 30.3 Å². The highest BCUT2D eigenvalue weighted by atomic mass is 16.4. The van der Waals surface area contributed by atoms with E-state index in [0.717, 1.165) is 5.56 Å². The fourth-order valence-corrected chi connectivity index (χ4v) is 2.13. The minimum absolute atomic E-state index is 0.135. The molecule has 0 aliphatic rings. The van der Waals surface area contributed by atoms with Gasteiger partial charge in [-0.15, -0.1) is 0 Å². The maximum absolute atomic E-state index is 12.0. The Morgan fingerprint density at radius 2 is 1.60 bits per heavy atom. The van der Waals surface area contributed by atoms with Crippen LogP contribution in [0.3, 0.4) is 0 Å². The number of nitrogens with one attached hydrogen (secondary N) is 2. The van der Waals surface area contributed by atoms with Gasteiger partial charge in [-0.05, 0) is 12.0 Å². The summed E-state index contributed by atoms with van der Waals surface area (Å²) in [5.74, 6) is -3.13. The summed E-state index contributed by atoms with van der Waals surface area (Å²) in [5, 5.41) is 13.7. The third-order valence-electron chi connectivity index (χ3n) is 3.44. The number of nitrogens with two attached hydrogens (primary N) is 2. The van der Waals surface area contributed by atoms with Crippen LogP contribution < -0.4 is 22.1 Å². The van der Waals surface area contributed by atoms with Crippen molar-refractivity contribution >= 4 is 23.7 Å². The molecule has 0 spiro atoms. The standard InChI is InChI=1S/C16H22N4O5/c17-9-14(22)19-11(16(24)25)6-7-13(21)20-12(15(18)23)8-10-4-2-1-3-5-10/h1-5,11-12H,6-9,17H2,(H2,18,23)(H,19,22)(H,20,21)(H,24,25)/t11-,12-/m0/s1. The highest BCUT2D eigenvalue weighted by molar-refractivity contribution is 5.88. The maximum Gasteiger partial charge on any atom is 0.326 e. The Kier molecular flexibility index (Phi) is 8.07. The van der Waals surface area contributed by atoms with Crippen LogP contribution in [0.25, 0.3) is 0 Å². The first-order valence-electron chi connectivity index (χ1n) is 7.68. The van der Waals surface area contributed by atoms with Crippen molar-refractivity contribution in [2.45, 2.75) is 31.3 Å². The first kappa shape index (κ1) is 20.1. The third-order valence-corrected chi connectivity index (χ3v) is 3.44. The predicted molar refractivity (Wildman–Crippen MR) is 89.1 cm³/mol. The molecule has 2 atom stereocenters. The molecule has 0 saturated heterocycles. The number of carbonyl (C=O) groups is 4. The summed E-state index contributed by atoms with van der Waals surface area (Å²) in [5.41, 5.74) is 11.2. The van der Waals surface area contributed by atoms with Gasteiger partial charge < -0.3 is 27.2 Å². The van der Waals surface area contributed by atoms with E-state index in [-0.39, 0.29) is 25.8 Å².